The fourth-order valence-electron chi connectivity index (χ4n) is 2.96. The quantitative estimate of drug-likeness (QED) is 0.764. The average Bonchev–Trinajstić information content (AvgIpc) is 2.62. The van der Waals surface area contributed by atoms with Gasteiger partial charge in [-0.15, -0.1) is 0 Å². The van der Waals surface area contributed by atoms with E-state index in [0.717, 1.165) is 21.7 Å². The average molecular weight is 407 g/mol. The Morgan fingerprint density at radius 1 is 1.04 bits per heavy atom. The van der Waals surface area contributed by atoms with Crippen LogP contribution in [0.4, 0.5) is 11.4 Å². The Hall–Kier alpha value is -2.74. The minimum absolute atomic E-state index is 0.309. The van der Waals surface area contributed by atoms with Gasteiger partial charge in [0.05, 0.1) is 26.2 Å². The van der Waals surface area contributed by atoms with Gasteiger partial charge in [0, 0.05) is 11.8 Å². The lowest BCUT2D eigenvalue weighted by Gasteiger charge is -2.29. The molecule has 2 aromatic carbocycles. The molecular formula is C20H26N2O5S. The van der Waals surface area contributed by atoms with Crippen molar-refractivity contribution >= 4 is 27.3 Å². The maximum atomic E-state index is 12.8. The van der Waals surface area contributed by atoms with E-state index in [2.05, 4.69) is 5.32 Å². The van der Waals surface area contributed by atoms with Crippen LogP contribution in [0.1, 0.15) is 18.1 Å². The monoisotopic (exact) mass is 406 g/mol. The van der Waals surface area contributed by atoms with Crippen molar-refractivity contribution in [2.45, 2.75) is 26.8 Å². The molecule has 0 radical (unpaired) electrons. The molecule has 0 saturated heterocycles. The van der Waals surface area contributed by atoms with Crippen molar-refractivity contribution < 1.29 is 22.7 Å². The number of amides is 1. The van der Waals surface area contributed by atoms with Gasteiger partial charge in [-0.2, -0.15) is 0 Å². The van der Waals surface area contributed by atoms with Crippen molar-refractivity contribution in [2.24, 2.45) is 0 Å². The summed E-state index contributed by atoms with van der Waals surface area (Å²) in [6, 6.07) is 9.36. The van der Waals surface area contributed by atoms with Crippen molar-refractivity contribution in [3.8, 4) is 11.5 Å². The van der Waals surface area contributed by atoms with Gasteiger partial charge in [0.1, 0.15) is 6.04 Å². The van der Waals surface area contributed by atoms with Gasteiger partial charge in [-0.3, -0.25) is 9.10 Å². The number of anilines is 2. The molecule has 1 N–H and O–H groups in total. The van der Waals surface area contributed by atoms with Crippen LogP contribution in [0.2, 0.25) is 0 Å². The highest BCUT2D eigenvalue weighted by Gasteiger charge is 2.30. The summed E-state index contributed by atoms with van der Waals surface area (Å²) in [5, 5.41) is 2.81. The molecule has 0 saturated carbocycles. The molecule has 0 aliphatic carbocycles. The van der Waals surface area contributed by atoms with Crippen molar-refractivity contribution in [1.82, 2.24) is 0 Å². The molecule has 7 nitrogen and oxygen atoms in total. The van der Waals surface area contributed by atoms with E-state index >= 15 is 0 Å². The number of methoxy groups -OCH3 is 2. The van der Waals surface area contributed by atoms with Crippen LogP contribution in [0, 0.1) is 13.8 Å². The van der Waals surface area contributed by atoms with Gasteiger partial charge in [0.15, 0.2) is 11.5 Å². The number of hydrogen-bond acceptors (Lipinski definition) is 5. The fourth-order valence-corrected chi connectivity index (χ4v) is 4.13. The normalized spacial score (nSPS) is 12.2. The SMILES string of the molecule is COc1ccc(N(C(C)C(=O)Nc2ccc(C)cc2C)S(C)(=O)=O)cc1OC. The Morgan fingerprint density at radius 3 is 2.21 bits per heavy atom. The fraction of sp³-hybridized carbons (Fsp3) is 0.350. The summed E-state index contributed by atoms with van der Waals surface area (Å²) in [6.45, 7) is 5.39. The summed E-state index contributed by atoms with van der Waals surface area (Å²) in [5.41, 5.74) is 2.93. The number of carbonyl (C=O) groups is 1. The Morgan fingerprint density at radius 2 is 1.68 bits per heavy atom. The molecule has 0 aliphatic heterocycles. The molecule has 2 aromatic rings. The largest absolute Gasteiger partial charge is 0.493 e. The zero-order valence-electron chi connectivity index (χ0n) is 16.9. The molecule has 0 aromatic heterocycles. The van der Waals surface area contributed by atoms with Gasteiger partial charge in [-0.05, 0) is 44.5 Å². The third kappa shape index (κ3) is 4.75. The first-order chi connectivity index (χ1) is 13.1. The van der Waals surface area contributed by atoms with E-state index in [-0.39, 0.29) is 0 Å². The third-order valence-corrected chi connectivity index (χ3v) is 5.59. The summed E-state index contributed by atoms with van der Waals surface area (Å²) in [7, 11) is -0.787. The van der Waals surface area contributed by atoms with Crippen molar-refractivity contribution in [1.29, 1.82) is 0 Å². The number of rotatable bonds is 7. The smallest absolute Gasteiger partial charge is 0.248 e. The highest BCUT2D eigenvalue weighted by Crippen LogP contribution is 2.33. The lowest BCUT2D eigenvalue weighted by molar-refractivity contribution is -0.116. The first kappa shape index (κ1) is 21.6. The van der Waals surface area contributed by atoms with Crippen LogP contribution < -0.4 is 19.1 Å². The Kier molecular flexibility index (Phi) is 6.56. The van der Waals surface area contributed by atoms with E-state index in [4.69, 9.17) is 9.47 Å². The number of nitrogens with one attached hydrogen (secondary N) is 1. The van der Waals surface area contributed by atoms with E-state index in [1.165, 1.54) is 27.2 Å². The van der Waals surface area contributed by atoms with Gasteiger partial charge >= 0.3 is 0 Å². The number of carbonyl (C=O) groups excluding carboxylic acids is 1. The summed E-state index contributed by atoms with van der Waals surface area (Å²) in [4.78, 5) is 12.8. The van der Waals surface area contributed by atoms with Crippen LogP contribution in [0.25, 0.3) is 0 Å². The van der Waals surface area contributed by atoms with Crippen molar-refractivity contribution in [2.75, 3.05) is 30.1 Å². The number of ether oxygens (including phenoxy) is 2. The number of sulfonamides is 1. The molecule has 1 unspecified atom stereocenters. The molecule has 8 heteroatoms. The van der Waals surface area contributed by atoms with E-state index in [0.29, 0.717) is 22.9 Å². The molecule has 0 fully saturated rings. The molecule has 28 heavy (non-hydrogen) atoms. The molecule has 2 rings (SSSR count). The molecular weight excluding hydrogens is 380 g/mol. The number of hydrogen-bond donors (Lipinski definition) is 1. The zero-order chi connectivity index (χ0) is 21.1. The van der Waals surface area contributed by atoms with E-state index in [1.807, 2.05) is 26.0 Å². The molecule has 1 amide bonds. The summed E-state index contributed by atoms with van der Waals surface area (Å²) in [5.74, 6) is 0.398. The lowest BCUT2D eigenvalue weighted by Crippen LogP contribution is -2.45. The summed E-state index contributed by atoms with van der Waals surface area (Å²) >= 11 is 0. The molecule has 1 atom stereocenters. The number of benzene rings is 2. The molecule has 0 heterocycles. The number of nitrogens with zero attached hydrogens (tertiary/aromatic N) is 1. The molecule has 0 aliphatic rings. The van der Waals surface area contributed by atoms with Crippen molar-refractivity contribution in [3.63, 3.8) is 0 Å². The van der Waals surface area contributed by atoms with E-state index in [9.17, 15) is 13.2 Å². The first-order valence-corrected chi connectivity index (χ1v) is 10.5. The van der Waals surface area contributed by atoms with Crippen LogP contribution in [0.3, 0.4) is 0 Å². The van der Waals surface area contributed by atoms with Crippen LogP contribution in [-0.2, 0) is 14.8 Å². The van der Waals surface area contributed by atoms with Crippen LogP contribution in [0.15, 0.2) is 36.4 Å². The minimum atomic E-state index is -3.74. The Labute approximate surface area is 166 Å². The second-order valence-electron chi connectivity index (χ2n) is 6.58. The molecule has 152 valence electrons. The van der Waals surface area contributed by atoms with Gasteiger partial charge in [0.25, 0.3) is 0 Å². The van der Waals surface area contributed by atoms with Gasteiger partial charge in [-0.1, -0.05) is 17.7 Å². The molecule has 0 spiro atoms. The predicted octanol–water partition coefficient (Wildman–Crippen LogP) is 3.11. The highest BCUT2D eigenvalue weighted by atomic mass is 32.2. The second kappa shape index (κ2) is 8.52. The standard InChI is InChI=1S/C20H26N2O5S/c1-13-7-9-17(14(2)11-13)21-20(23)15(3)22(28(6,24)25)16-8-10-18(26-4)19(12-16)27-5/h7-12,15H,1-6H3,(H,21,23). The van der Waals surface area contributed by atoms with Crippen LogP contribution in [-0.4, -0.2) is 40.8 Å². The lowest BCUT2D eigenvalue weighted by atomic mass is 10.1. The van der Waals surface area contributed by atoms with Gasteiger partial charge in [0.2, 0.25) is 15.9 Å². The van der Waals surface area contributed by atoms with Crippen molar-refractivity contribution in [3.05, 3.63) is 47.5 Å². The van der Waals surface area contributed by atoms with E-state index < -0.39 is 22.0 Å². The topological polar surface area (TPSA) is 84.9 Å². The minimum Gasteiger partial charge on any atom is -0.493 e. The maximum Gasteiger partial charge on any atom is 0.248 e. The Balaban J connectivity index is 2.39. The van der Waals surface area contributed by atoms with Crippen LogP contribution >= 0.6 is 0 Å². The maximum absolute atomic E-state index is 12.8. The third-order valence-electron chi connectivity index (χ3n) is 4.35. The Bertz CT molecular complexity index is 973. The van der Waals surface area contributed by atoms with E-state index in [1.54, 1.807) is 18.2 Å². The zero-order valence-corrected chi connectivity index (χ0v) is 17.8. The predicted molar refractivity (Wildman–Crippen MR) is 111 cm³/mol. The van der Waals surface area contributed by atoms with Crippen LogP contribution in [0.5, 0.6) is 11.5 Å². The summed E-state index contributed by atoms with van der Waals surface area (Å²) < 4.78 is 36.5. The van der Waals surface area contributed by atoms with Gasteiger partial charge < -0.3 is 14.8 Å². The first-order valence-electron chi connectivity index (χ1n) is 8.68. The number of aryl methyl sites for hydroxylation is 2. The van der Waals surface area contributed by atoms with Gasteiger partial charge in [-0.25, -0.2) is 8.42 Å². The summed E-state index contributed by atoms with van der Waals surface area (Å²) in [6.07, 6.45) is 1.06. The molecule has 0 bridgehead atoms. The second-order valence-corrected chi connectivity index (χ2v) is 8.44. The highest BCUT2D eigenvalue weighted by molar-refractivity contribution is 7.92.